The first-order chi connectivity index (χ1) is 48.3. The average Bonchev–Trinajstić information content (AvgIpc) is 0.936. The SMILES string of the molecule is CCCCCCCCCCCCCCCCCCCC(=O)OC[C@H](COP(=O)(O)OC[C@@H](O)COP(=O)(O)OC[C@@H](COC(=O)CCCCCCCCC(C)CC)OC(=O)CCCCCCCCCCCCCCCC(C)C)OC(=O)CCCCCCCCCCCCCCCCC(C)C. The van der Waals surface area contributed by atoms with Crippen LogP contribution >= 0.6 is 15.6 Å². The third-order valence-corrected chi connectivity index (χ3v) is 21.1. The third kappa shape index (κ3) is 73.0. The molecule has 0 bridgehead atoms. The number of ether oxygens (including phenoxy) is 4. The molecule has 0 fully saturated rings. The van der Waals surface area contributed by atoms with Crippen LogP contribution in [0.3, 0.4) is 0 Å². The monoisotopic (exact) mass is 1470 g/mol. The van der Waals surface area contributed by atoms with Gasteiger partial charge in [0.15, 0.2) is 12.2 Å². The number of esters is 4. The highest BCUT2D eigenvalue weighted by atomic mass is 31.2. The van der Waals surface area contributed by atoms with Crippen LogP contribution in [-0.4, -0.2) is 96.7 Å². The largest absolute Gasteiger partial charge is 0.472 e. The highest BCUT2D eigenvalue weighted by Crippen LogP contribution is 2.45. The number of hydrogen-bond acceptors (Lipinski definition) is 15. The van der Waals surface area contributed by atoms with Crippen molar-refractivity contribution in [3.63, 3.8) is 0 Å². The second kappa shape index (κ2) is 71.3. The van der Waals surface area contributed by atoms with Gasteiger partial charge in [0.1, 0.15) is 19.3 Å². The molecule has 0 heterocycles. The Labute approximate surface area is 613 Å². The fourth-order valence-electron chi connectivity index (χ4n) is 12.5. The van der Waals surface area contributed by atoms with Gasteiger partial charge in [0.05, 0.1) is 26.4 Å². The first-order valence-corrected chi connectivity index (χ1v) is 44.9. The molecule has 0 radical (unpaired) electrons. The normalized spacial score (nSPS) is 14.2. The molecular weight excluding hydrogens is 1310 g/mol. The molecular formula is C81H158O17P2. The van der Waals surface area contributed by atoms with Crippen LogP contribution in [0, 0.1) is 17.8 Å². The summed E-state index contributed by atoms with van der Waals surface area (Å²) in [4.78, 5) is 73.0. The zero-order valence-electron chi connectivity index (χ0n) is 65.7. The van der Waals surface area contributed by atoms with Gasteiger partial charge in [-0.25, -0.2) is 9.13 Å². The fourth-order valence-corrected chi connectivity index (χ4v) is 14.0. The van der Waals surface area contributed by atoms with Crippen molar-refractivity contribution in [3.05, 3.63) is 0 Å². The van der Waals surface area contributed by atoms with Crippen LogP contribution < -0.4 is 0 Å². The van der Waals surface area contributed by atoms with Gasteiger partial charge in [-0.1, -0.05) is 370 Å². The van der Waals surface area contributed by atoms with Gasteiger partial charge in [-0.2, -0.15) is 0 Å². The van der Waals surface area contributed by atoms with Gasteiger partial charge in [-0.15, -0.1) is 0 Å². The second-order valence-electron chi connectivity index (χ2n) is 30.4. The molecule has 0 spiro atoms. The minimum Gasteiger partial charge on any atom is -0.462 e. The number of unbranched alkanes of at least 4 members (excludes halogenated alkanes) is 46. The van der Waals surface area contributed by atoms with Crippen molar-refractivity contribution >= 4 is 39.5 Å². The fraction of sp³-hybridized carbons (Fsp3) is 0.951. The number of aliphatic hydroxyl groups is 1. The lowest BCUT2D eigenvalue weighted by atomic mass is 10.00. The summed E-state index contributed by atoms with van der Waals surface area (Å²) in [5.74, 6) is 0.201. The molecule has 0 amide bonds. The average molecular weight is 1470 g/mol. The molecule has 0 aliphatic carbocycles. The molecule has 3 unspecified atom stereocenters. The van der Waals surface area contributed by atoms with Gasteiger partial charge in [0, 0.05) is 25.7 Å². The highest BCUT2D eigenvalue weighted by Gasteiger charge is 2.30. The summed E-state index contributed by atoms with van der Waals surface area (Å²) in [6, 6.07) is 0. The molecule has 17 nitrogen and oxygen atoms in total. The van der Waals surface area contributed by atoms with Crippen molar-refractivity contribution in [2.75, 3.05) is 39.6 Å². The minimum atomic E-state index is -4.96. The second-order valence-corrected chi connectivity index (χ2v) is 33.3. The quantitative estimate of drug-likeness (QED) is 0.0222. The Morgan fingerprint density at radius 2 is 0.510 bits per heavy atom. The van der Waals surface area contributed by atoms with Crippen molar-refractivity contribution in [2.24, 2.45) is 17.8 Å². The molecule has 0 aliphatic rings. The predicted octanol–water partition coefficient (Wildman–Crippen LogP) is 24.1. The Bertz CT molecular complexity index is 1940. The number of rotatable bonds is 79. The number of carbonyl (C=O) groups excluding carboxylic acids is 4. The molecule has 19 heteroatoms. The Balaban J connectivity index is 5.25. The standard InChI is InChI=1S/C81H158O17P2/c1-8-10-11-12-13-14-15-16-17-18-19-25-30-35-40-48-55-62-78(83)91-68-76(97-80(85)64-57-50-41-36-31-26-21-20-23-28-33-38-45-52-59-72(3)4)70-95-99(87,88)93-66-75(82)67-94-100(89,90)96-71-77(69-92-79(84)63-56-49-44-43-47-54-61-74(7)9-2)98-81(86)65-58-51-42-37-32-27-22-24-29-34-39-46-53-60-73(5)6/h72-77,82H,8-71H2,1-7H3,(H,87,88)(H,89,90)/t74?,75-,76-,77-/m1/s1. The summed E-state index contributed by atoms with van der Waals surface area (Å²) in [6.45, 7) is 11.9. The van der Waals surface area contributed by atoms with E-state index in [1.54, 1.807) is 0 Å². The van der Waals surface area contributed by atoms with E-state index < -0.39 is 97.5 Å². The Morgan fingerprint density at radius 3 is 0.760 bits per heavy atom. The number of carbonyl (C=O) groups is 4. The molecule has 3 N–H and O–H groups in total. The molecule has 0 rings (SSSR count). The minimum absolute atomic E-state index is 0.106. The van der Waals surface area contributed by atoms with E-state index in [-0.39, 0.29) is 25.7 Å². The number of aliphatic hydroxyl groups excluding tert-OH is 1. The van der Waals surface area contributed by atoms with Gasteiger partial charge in [0.25, 0.3) is 0 Å². The predicted molar refractivity (Wildman–Crippen MR) is 409 cm³/mol. The van der Waals surface area contributed by atoms with Gasteiger partial charge >= 0.3 is 39.5 Å². The van der Waals surface area contributed by atoms with E-state index in [9.17, 15) is 43.2 Å². The van der Waals surface area contributed by atoms with E-state index >= 15 is 0 Å². The van der Waals surface area contributed by atoms with Crippen molar-refractivity contribution in [1.29, 1.82) is 0 Å². The van der Waals surface area contributed by atoms with Crippen LogP contribution in [0.4, 0.5) is 0 Å². The molecule has 0 aromatic heterocycles. The van der Waals surface area contributed by atoms with E-state index in [4.69, 9.17) is 37.0 Å². The molecule has 0 aromatic carbocycles. The summed E-state index contributed by atoms with van der Waals surface area (Å²) in [5.41, 5.74) is 0. The van der Waals surface area contributed by atoms with Crippen LogP contribution in [-0.2, 0) is 65.4 Å². The number of phosphoric ester groups is 2. The molecule has 0 saturated carbocycles. The summed E-state index contributed by atoms with van der Waals surface area (Å²) >= 11 is 0. The first kappa shape index (κ1) is 98.1. The summed E-state index contributed by atoms with van der Waals surface area (Å²) in [7, 11) is -9.92. The zero-order chi connectivity index (χ0) is 73.7. The lowest BCUT2D eigenvalue weighted by Crippen LogP contribution is -2.30. The third-order valence-electron chi connectivity index (χ3n) is 19.2. The molecule has 6 atom stereocenters. The van der Waals surface area contributed by atoms with Gasteiger partial charge in [0.2, 0.25) is 0 Å². The molecule has 0 saturated heterocycles. The highest BCUT2D eigenvalue weighted by molar-refractivity contribution is 7.47. The van der Waals surface area contributed by atoms with E-state index in [2.05, 4.69) is 48.5 Å². The van der Waals surface area contributed by atoms with E-state index in [1.165, 1.54) is 225 Å². The maximum Gasteiger partial charge on any atom is 0.472 e. The Morgan fingerprint density at radius 1 is 0.290 bits per heavy atom. The number of hydrogen-bond donors (Lipinski definition) is 3. The molecule has 100 heavy (non-hydrogen) atoms. The van der Waals surface area contributed by atoms with Crippen LogP contribution in [0.25, 0.3) is 0 Å². The Hall–Kier alpha value is -1.94. The zero-order valence-corrected chi connectivity index (χ0v) is 67.5. The van der Waals surface area contributed by atoms with E-state index in [0.717, 1.165) is 114 Å². The van der Waals surface area contributed by atoms with Crippen molar-refractivity contribution in [2.45, 2.75) is 439 Å². The molecule has 0 aromatic rings. The number of phosphoric acid groups is 2. The van der Waals surface area contributed by atoms with Crippen LogP contribution in [0.2, 0.25) is 0 Å². The molecule has 0 aliphatic heterocycles. The van der Waals surface area contributed by atoms with Gasteiger partial charge < -0.3 is 33.8 Å². The van der Waals surface area contributed by atoms with Crippen molar-refractivity contribution in [3.8, 4) is 0 Å². The maximum atomic E-state index is 13.1. The van der Waals surface area contributed by atoms with Crippen LogP contribution in [0.15, 0.2) is 0 Å². The van der Waals surface area contributed by atoms with E-state index in [0.29, 0.717) is 25.7 Å². The Kier molecular flexibility index (Phi) is 69.9. The van der Waals surface area contributed by atoms with Crippen LogP contribution in [0.1, 0.15) is 421 Å². The summed E-state index contributed by atoms with van der Waals surface area (Å²) in [5, 5.41) is 10.6. The van der Waals surface area contributed by atoms with Gasteiger partial charge in [-0.3, -0.25) is 37.3 Å². The topological polar surface area (TPSA) is 237 Å². The summed E-state index contributed by atoms with van der Waals surface area (Å²) < 4.78 is 68.7. The van der Waals surface area contributed by atoms with Crippen LogP contribution in [0.5, 0.6) is 0 Å². The van der Waals surface area contributed by atoms with Crippen molar-refractivity contribution < 1.29 is 80.2 Å². The van der Waals surface area contributed by atoms with Crippen molar-refractivity contribution in [1.82, 2.24) is 0 Å². The first-order valence-electron chi connectivity index (χ1n) is 41.9. The lowest BCUT2D eigenvalue weighted by molar-refractivity contribution is -0.161. The maximum absolute atomic E-state index is 13.1. The smallest absolute Gasteiger partial charge is 0.462 e. The lowest BCUT2D eigenvalue weighted by Gasteiger charge is -2.21. The summed E-state index contributed by atoms with van der Waals surface area (Å²) in [6.07, 6.45) is 59.6. The molecule has 594 valence electrons. The van der Waals surface area contributed by atoms with Gasteiger partial charge in [-0.05, 0) is 43.4 Å². The van der Waals surface area contributed by atoms with E-state index in [1.807, 2.05) is 0 Å².